The molecule has 0 saturated carbocycles. The fourth-order valence-electron chi connectivity index (χ4n) is 2.27. The van der Waals surface area contributed by atoms with E-state index < -0.39 is 0 Å². The summed E-state index contributed by atoms with van der Waals surface area (Å²) in [6.45, 7) is 3.33. The standard InChI is InChI=1S/C12H17N5OS/c1-16(8-11-3-2-6-19-11)12-13-14-15-17(12)7-10-4-5-18-9-10/h2-3,6,10H,4-5,7-9H2,1H3. The first kappa shape index (κ1) is 12.6. The van der Waals surface area contributed by atoms with Crippen LogP contribution < -0.4 is 4.90 Å². The molecule has 0 bridgehead atoms. The van der Waals surface area contributed by atoms with Gasteiger partial charge >= 0.3 is 0 Å². The normalized spacial score (nSPS) is 18.9. The third kappa shape index (κ3) is 2.93. The molecule has 2 aromatic heterocycles. The zero-order valence-corrected chi connectivity index (χ0v) is 11.7. The number of aromatic nitrogens is 4. The van der Waals surface area contributed by atoms with Crippen LogP contribution in [0.3, 0.4) is 0 Å². The first-order valence-electron chi connectivity index (χ1n) is 6.40. The first-order chi connectivity index (χ1) is 9.33. The second kappa shape index (κ2) is 5.66. The maximum absolute atomic E-state index is 5.40. The van der Waals surface area contributed by atoms with Crippen LogP contribution in [0.1, 0.15) is 11.3 Å². The van der Waals surface area contributed by atoms with Crippen LogP contribution in [0.2, 0.25) is 0 Å². The van der Waals surface area contributed by atoms with Crippen molar-refractivity contribution in [1.82, 2.24) is 20.2 Å². The van der Waals surface area contributed by atoms with Gasteiger partial charge in [0.15, 0.2) is 0 Å². The predicted octanol–water partition coefficient (Wildman–Crippen LogP) is 1.41. The minimum absolute atomic E-state index is 0.525. The lowest BCUT2D eigenvalue weighted by atomic mass is 10.1. The third-order valence-corrected chi connectivity index (χ3v) is 4.14. The molecule has 2 aromatic rings. The minimum atomic E-state index is 0.525. The van der Waals surface area contributed by atoms with E-state index in [0.29, 0.717) is 5.92 Å². The van der Waals surface area contributed by atoms with Crippen LogP contribution in [0.15, 0.2) is 17.5 Å². The lowest BCUT2D eigenvalue weighted by molar-refractivity contribution is 0.181. The Labute approximate surface area is 116 Å². The van der Waals surface area contributed by atoms with E-state index in [1.54, 1.807) is 11.3 Å². The Bertz CT molecular complexity index is 506. The van der Waals surface area contributed by atoms with Gasteiger partial charge in [0.25, 0.3) is 0 Å². The second-order valence-electron chi connectivity index (χ2n) is 4.83. The number of ether oxygens (including phenoxy) is 1. The topological polar surface area (TPSA) is 56.1 Å². The summed E-state index contributed by atoms with van der Waals surface area (Å²) < 4.78 is 7.28. The van der Waals surface area contributed by atoms with E-state index in [1.165, 1.54) is 4.88 Å². The Hall–Kier alpha value is -1.47. The largest absolute Gasteiger partial charge is 0.381 e. The molecule has 7 heteroatoms. The van der Waals surface area contributed by atoms with Crippen molar-refractivity contribution in [3.05, 3.63) is 22.4 Å². The first-order valence-corrected chi connectivity index (χ1v) is 7.28. The number of nitrogens with zero attached hydrogens (tertiary/aromatic N) is 5. The number of rotatable bonds is 5. The van der Waals surface area contributed by atoms with E-state index in [-0.39, 0.29) is 0 Å². The van der Waals surface area contributed by atoms with Crippen LogP contribution in [-0.4, -0.2) is 40.5 Å². The van der Waals surface area contributed by atoms with Gasteiger partial charge in [-0.15, -0.1) is 11.3 Å². The van der Waals surface area contributed by atoms with Gasteiger partial charge < -0.3 is 9.64 Å². The van der Waals surface area contributed by atoms with Crippen molar-refractivity contribution in [3.8, 4) is 0 Å². The molecule has 1 fully saturated rings. The quantitative estimate of drug-likeness (QED) is 0.828. The van der Waals surface area contributed by atoms with Gasteiger partial charge in [0.05, 0.1) is 19.7 Å². The zero-order valence-electron chi connectivity index (χ0n) is 10.9. The molecule has 1 unspecified atom stereocenters. The number of thiophene rings is 1. The van der Waals surface area contributed by atoms with Crippen molar-refractivity contribution in [3.63, 3.8) is 0 Å². The van der Waals surface area contributed by atoms with Gasteiger partial charge in [-0.3, -0.25) is 0 Å². The van der Waals surface area contributed by atoms with Gasteiger partial charge in [0, 0.05) is 24.4 Å². The number of tetrazole rings is 1. The second-order valence-corrected chi connectivity index (χ2v) is 5.86. The predicted molar refractivity (Wildman–Crippen MR) is 73.2 cm³/mol. The Morgan fingerprint density at radius 3 is 3.26 bits per heavy atom. The van der Waals surface area contributed by atoms with E-state index in [4.69, 9.17) is 4.74 Å². The summed E-state index contributed by atoms with van der Waals surface area (Å²) in [5, 5.41) is 14.1. The third-order valence-electron chi connectivity index (χ3n) is 3.28. The number of hydrogen-bond donors (Lipinski definition) is 0. The van der Waals surface area contributed by atoms with Gasteiger partial charge in [0.2, 0.25) is 5.95 Å². The van der Waals surface area contributed by atoms with Crippen LogP contribution in [0.25, 0.3) is 0 Å². The molecule has 0 spiro atoms. The van der Waals surface area contributed by atoms with E-state index in [9.17, 15) is 0 Å². The fraction of sp³-hybridized carbons (Fsp3) is 0.583. The van der Waals surface area contributed by atoms with E-state index in [1.807, 2.05) is 11.7 Å². The van der Waals surface area contributed by atoms with E-state index >= 15 is 0 Å². The number of hydrogen-bond acceptors (Lipinski definition) is 6. The minimum Gasteiger partial charge on any atom is -0.381 e. The highest BCUT2D eigenvalue weighted by atomic mass is 32.1. The van der Waals surface area contributed by atoms with Crippen LogP contribution in [-0.2, 0) is 17.8 Å². The Kier molecular flexibility index (Phi) is 3.74. The molecular weight excluding hydrogens is 262 g/mol. The summed E-state index contributed by atoms with van der Waals surface area (Å²) in [6, 6.07) is 4.19. The lowest BCUT2D eigenvalue weighted by Gasteiger charge is -2.17. The Balaban J connectivity index is 1.68. The van der Waals surface area contributed by atoms with Crippen LogP contribution in [0, 0.1) is 5.92 Å². The van der Waals surface area contributed by atoms with Gasteiger partial charge in [-0.25, -0.2) is 4.68 Å². The van der Waals surface area contributed by atoms with E-state index in [2.05, 4.69) is 37.9 Å². The van der Waals surface area contributed by atoms with Gasteiger partial charge in [0.1, 0.15) is 0 Å². The maximum atomic E-state index is 5.40. The summed E-state index contributed by atoms with van der Waals surface area (Å²) in [5.41, 5.74) is 0. The summed E-state index contributed by atoms with van der Waals surface area (Å²) in [6.07, 6.45) is 1.09. The molecule has 0 aromatic carbocycles. The fourth-order valence-corrected chi connectivity index (χ4v) is 3.03. The van der Waals surface area contributed by atoms with Crippen LogP contribution in [0.5, 0.6) is 0 Å². The molecule has 0 amide bonds. The highest BCUT2D eigenvalue weighted by Crippen LogP contribution is 2.19. The Morgan fingerprint density at radius 1 is 1.58 bits per heavy atom. The monoisotopic (exact) mass is 279 g/mol. The van der Waals surface area contributed by atoms with Gasteiger partial charge in [-0.05, 0) is 28.3 Å². The van der Waals surface area contributed by atoms with Crippen LogP contribution in [0.4, 0.5) is 5.95 Å². The molecule has 102 valence electrons. The maximum Gasteiger partial charge on any atom is 0.245 e. The summed E-state index contributed by atoms with van der Waals surface area (Å²) in [4.78, 5) is 3.39. The molecule has 19 heavy (non-hydrogen) atoms. The molecule has 1 aliphatic rings. The molecule has 0 N–H and O–H groups in total. The summed E-state index contributed by atoms with van der Waals surface area (Å²) >= 11 is 1.75. The average Bonchev–Trinajstić information content (AvgIpc) is 3.10. The van der Waals surface area contributed by atoms with E-state index in [0.717, 1.165) is 38.7 Å². The summed E-state index contributed by atoms with van der Waals surface area (Å²) in [5.74, 6) is 1.35. The number of anilines is 1. The average molecular weight is 279 g/mol. The van der Waals surface area contributed by atoms with Gasteiger partial charge in [-0.1, -0.05) is 11.2 Å². The highest BCUT2D eigenvalue weighted by molar-refractivity contribution is 7.09. The molecule has 1 atom stereocenters. The zero-order chi connectivity index (χ0) is 13.1. The van der Waals surface area contributed by atoms with Crippen molar-refractivity contribution < 1.29 is 4.74 Å². The molecular formula is C12H17N5OS. The molecule has 3 rings (SSSR count). The van der Waals surface area contributed by atoms with Crippen molar-refractivity contribution in [2.75, 3.05) is 25.2 Å². The Morgan fingerprint density at radius 2 is 2.53 bits per heavy atom. The molecule has 6 nitrogen and oxygen atoms in total. The van der Waals surface area contributed by atoms with Crippen molar-refractivity contribution >= 4 is 17.3 Å². The molecule has 1 aliphatic heterocycles. The lowest BCUT2D eigenvalue weighted by Crippen LogP contribution is -2.23. The molecule has 1 saturated heterocycles. The summed E-state index contributed by atoms with van der Waals surface area (Å²) in [7, 11) is 2.02. The molecule has 0 aliphatic carbocycles. The van der Waals surface area contributed by atoms with Crippen molar-refractivity contribution in [2.45, 2.75) is 19.5 Å². The smallest absolute Gasteiger partial charge is 0.245 e. The van der Waals surface area contributed by atoms with Crippen molar-refractivity contribution in [2.24, 2.45) is 5.92 Å². The van der Waals surface area contributed by atoms with Gasteiger partial charge in [-0.2, -0.15) is 0 Å². The van der Waals surface area contributed by atoms with Crippen molar-refractivity contribution in [1.29, 1.82) is 0 Å². The van der Waals surface area contributed by atoms with Crippen LogP contribution >= 0.6 is 11.3 Å². The molecule has 3 heterocycles. The molecule has 0 radical (unpaired) electrons. The SMILES string of the molecule is CN(Cc1cccs1)c1nnnn1CC1CCOC1. The highest BCUT2D eigenvalue weighted by Gasteiger charge is 2.20.